The SMILES string of the molecule is CCNC(=O)NSc1ccc(OCCCN2CCN(c3ccccc3)CC2)cc1. The highest BCUT2D eigenvalue weighted by Gasteiger charge is 2.16. The van der Waals surface area contributed by atoms with E-state index in [2.05, 4.69) is 50.2 Å². The number of amides is 2. The summed E-state index contributed by atoms with van der Waals surface area (Å²) < 4.78 is 8.60. The van der Waals surface area contributed by atoms with Crippen molar-refractivity contribution in [1.29, 1.82) is 0 Å². The largest absolute Gasteiger partial charge is 0.494 e. The van der Waals surface area contributed by atoms with Crippen LogP contribution >= 0.6 is 11.9 Å². The number of piperazine rings is 1. The van der Waals surface area contributed by atoms with Crippen LogP contribution in [-0.2, 0) is 0 Å². The van der Waals surface area contributed by atoms with E-state index in [-0.39, 0.29) is 6.03 Å². The molecule has 1 heterocycles. The molecule has 156 valence electrons. The van der Waals surface area contributed by atoms with Crippen molar-refractivity contribution in [2.75, 3.05) is 50.8 Å². The molecule has 1 saturated heterocycles. The van der Waals surface area contributed by atoms with Crippen molar-refractivity contribution < 1.29 is 9.53 Å². The van der Waals surface area contributed by atoms with Crippen molar-refractivity contribution >= 4 is 23.7 Å². The second-order valence-electron chi connectivity index (χ2n) is 6.90. The summed E-state index contributed by atoms with van der Waals surface area (Å²) in [6.07, 6.45) is 1.01. The van der Waals surface area contributed by atoms with Gasteiger partial charge in [0, 0.05) is 49.9 Å². The van der Waals surface area contributed by atoms with Crippen LogP contribution < -0.4 is 19.7 Å². The Labute approximate surface area is 177 Å². The summed E-state index contributed by atoms with van der Waals surface area (Å²) in [6.45, 7) is 8.62. The number of carbonyl (C=O) groups excluding carboxylic acids is 1. The van der Waals surface area contributed by atoms with Gasteiger partial charge in [0.15, 0.2) is 0 Å². The summed E-state index contributed by atoms with van der Waals surface area (Å²) in [5.74, 6) is 0.862. The Balaban J connectivity index is 1.29. The molecule has 2 amide bonds. The van der Waals surface area contributed by atoms with Gasteiger partial charge in [-0.05, 0) is 61.7 Å². The van der Waals surface area contributed by atoms with E-state index >= 15 is 0 Å². The summed E-state index contributed by atoms with van der Waals surface area (Å²) in [6, 6.07) is 18.3. The zero-order valence-corrected chi connectivity index (χ0v) is 17.8. The number of para-hydroxylation sites is 1. The van der Waals surface area contributed by atoms with Gasteiger partial charge in [0.2, 0.25) is 0 Å². The van der Waals surface area contributed by atoms with Crippen LogP contribution in [0, 0.1) is 0 Å². The number of anilines is 1. The first-order chi connectivity index (χ1) is 14.2. The Bertz CT molecular complexity index is 734. The first-order valence-electron chi connectivity index (χ1n) is 10.2. The van der Waals surface area contributed by atoms with Crippen molar-refractivity contribution in [1.82, 2.24) is 14.9 Å². The van der Waals surface area contributed by atoms with Gasteiger partial charge in [0.25, 0.3) is 0 Å². The molecule has 3 rings (SSSR count). The smallest absolute Gasteiger partial charge is 0.325 e. The van der Waals surface area contributed by atoms with Gasteiger partial charge in [0.1, 0.15) is 5.75 Å². The zero-order valence-electron chi connectivity index (χ0n) is 17.0. The standard InChI is InChI=1S/C22H30N4O2S/c1-2-23-22(27)24-29-21-11-9-20(10-12-21)28-18-6-13-25-14-16-26(17-15-25)19-7-4-3-5-8-19/h3-5,7-12H,2,6,13-18H2,1H3,(H2,23,24,27). The Kier molecular flexibility index (Phi) is 8.52. The lowest BCUT2D eigenvalue weighted by Gasteiger charge is -2.36. The molecule has 0 atom stereocenters. The summed E-state index contributed by atoms with van der Waals surface area (Å²) in [4.78, 5) is 17.3. The van der Waals surface area contributed by atoms with E-state index in [0.29, 0.717) is 13.2 Å². The molecule has 0 aliphatic carbocycles. The van der Waals surface area contributed by atoms with Gasteiger partial charge in [-0.3, -0.25) is 9.62 Å². The fourth-order valence-corrected chi connectivity index (χ4v) is 3.81. The van der Waals surface area contributed by atoms with E-state index in [1.54, 1.807) is 0 Å². The summed E-state index contributed by atoms with van der Waals surface area (Å²) in [5, 5.41) is 2.70. The van der Waals surface area contributed by atoms with Crippen LogP contribution in [0.15, 0.2) is 59.5 Å². The van der Waals surface area contributed by atoms with Crippen LogP contribution in [0.2, 0.25) is 0 Å². The minimum Gasteiger partial charge on any atom is -0.494 e. The Morgan fingerprint density at radius 2 is 1.76 bits per heavy atom. The molecule has 29 heavy (non-hydrogen) atoms. The first kappa shape index (κ1) is 21.3. The normalized spacial score (nSPS) is 14.4. The molecule has 2 aromatic rings. The first-order valence-corrected chi connectivity index (χ1v) is 11.0. The van der Waals surface area contributed by atoms with E-state index in [9.17, 15) is 4.79 Å². The molecule has 0 aromatic heterocycles. The number of hydrogen-bond acceptors (Lipinski definition) is 5. The number of ether oxygens (including phenoxy) is 1. The van der Waals surface area contributed by atoms with Crippen LogP contribution in [0.3, 0.4) is 0 Å². The third kappa shape index (κ3) is 7.18. The fourth-order valence-electron chi connectivity index (χ4n) is 3.25. The molecule has 0 saturated carbocycles. The molecular weight excluding hydrogens is 384 g/mol. The minimum atomic E-state index is -0.178. The van der Waals surface area contributed by atoms with Gasteiger partial charge in [0.05, 0.1) is 6.61 Å². The topological polar surface area (TPSA) is 56.8 Å². The van der Waals surface area contributed by atoms with E-state index in [1.165, 1.54) is 17.6 Å². The van der Waals surface area contributed by atoms with E-state index in [4.69, 9.17) is 4.74 Å². The number of hydrogen-bond donors (Lipinski definition) is 2. The molecule has 0 bridgehead atoms. The highest BCUT2D eigenvalue weighted by molar-refractivity contribution is 7.98. The second-order valence-corrected chi connectivity index (χ2v) is 7.78. The Morgan fingerprint density at radius 1 is 1.03 bits per heavy atom. The maximum absolute atomic E-state index is 11.4. The summed E-state index contributed by atoms with van der Waals surface area (Å²) >= 11 is 1.29. The van der Waals surface area contributed by atoms with Gasteiger partial charge in [-0.1, -0.05) is 18.2 Å². The van der Waals surface area contributed by atoms with Crippen LogP contribution in [-0.4, -0.2) is 56.8 Å². The lowest BCUT2D eigenvalue weighted by Crippen LogP contribution is -2.46. The van der Waals surface area contributed by atoms with Crippen LogP contribution in [0.4, 0.5) is 10.5 Å². The van der Waals surface area contributed by atoms with Gasteiger partial charge in [-0.15, -0.1) is 0 Å². The number of nitrogens with zero attached hydrogens (tertiary/aromatic N) is 2. The van der Waals surface area contributed by atoms with E-state index in [1.807, 2.05) is 31.2 Å². The predicted octanol–water partition coefficient (Wildman–Crippen LogP) is 3.60. The molecule has 2 aromatic carbocycles. The van der Waals surface area contributed by atoms with Gasteiger partial charge < -0.3 is 15.0 Å². The van der Waals surface area contributed by atoms with Crippen molar-refractivity contribution in [3.05, 3.63) is 54.6 Å². The average molecular weight is 415 g/mol. The average Bonchev–Trinajstić information content (AvgIpc) is 2.77. The molecule has 1 fully saturated rings. The maximum Gasteiger partial charge on any atom is 0.325 e. The summed E-state index contributed by atoms with van der Waals surface area (Å²) in [5.41, 5.74) is 1.32. The molecule has 7 heteroatoms. The van der Waals surface area contributed by atoms with E-state index in [0.717, 1.165) is 49.8 Å². The van der Waals surface area contributed by atoms with Crippen molar-refractivity contribution in [2.45, 2.75) is 18.2 Å². The Hall–Kier alpha value is -2.38. The van der Waals surface area contributed by atoms with Crippen LogP contribution in [0.5, 0.6) is 5.75 Å². The number of carbonyl (C=O) groups is 1. The van der Waals surface area contributed by atoms with Gasteiger partial charge >= 0.3 is 6.03 Å². The lowest BCUT2D eigenvalue weighted by atomic mass is 10.2. The van der Waals surface area contributed by atoms with Crippen molar-refractivity contribution in [3.63, 3.8) is 0 Å². The highest BCUT2D eigenvalue weighted by atomic mass is 32.2. The minimum absolute atomic E-state index is 0.178. The quantitative estimate of drug-likeness (QED) is 0.485. The number of urea groups is 1. The fraction of sp³-hybridized carbons (Fsp3) is 0.409. The highest BCUT2D eigenvalue weighted by Crippen LogP contribution is 2.19. The molecule has 0 radical (unpaired) electrons. The molecular formula is C22H30N4O2S. The van der Waals surface area contributed by atoms with Crippen molar-refractivity contribution in [3.8, 4) is 5.75 Å². The third-order valence-electron chi connectivity index (χ3n) is 4.80. The third-order valence-corrected chi connectivity index (χ3v) is 5.60. The molecule has 1 aliphatic rings. The maximum atomic E-state index is 11.4. The van der Waals surface area contributed by atoms with Crippen molar-refractivity contribution in [2.24, 2.45) is 0 Å². The molecule has 0 spiro atoms. The number of nitrogens with one attached hydrogen (secondary N) is 2. The van der Waals surface area contributed by atoms with Crippen LogP contribution in [0.1, 0.15) is 13.3 Å². The zero-order chi connectivity index (χ0) is 20.3. The van der Waals surface area contributed by atoms with Crippen LogP contribution in [0.25, 0.3) is 0 Å². The number of benzene rings is 2. The lowest BCUT2D eigenvalue weighted by molar-refractivity contribution is 0.224. The van der Waals surface area contributed by atoms with Gasteiger partial charge in [-0.25, -0.2) is 4.79 Å². The summed E-state index contributed by atoms with van der Waals surface area (Å²) in [7, 11) is 0. The second kappa shape index (κ2) is 11.6. The monoisotopic (exact) mass is 414 g/mol. The molecule has 2 N–H and O–H groups in total. The number of rotatable bonds is 9. The van der Waals surface area contributed by atoms with E-state index < -0.39 is 0 Å². The Morgan fingerprint density at radius 3 is 2.45 bits per heavy atom. The molecule has 6 nitrogen and oxygen atoms in total. The molecule has 1 aliphatic heterocycles. The van der Waals surface area contributed by atoms with Gasteiger partial charge in [-0.2, -0.15) is 0 Å². The molecule has 0 unspecified atom stereocenters. The predicted molar refractivity (Wildman–Crippen MR) is 120 cm³/mol.